The predicted molar refractivity (Wildman–Crippen MR) is 53.1 cm³/mol. The van der Waals surface area contributed by atoms with Crippen LogP contribution in [-0.4, -0.2) is 6.29 Å². The number of allylic oxidation sites excluding steroid dienone is 2. The van der Waals surface area contributed by atoms with Gasteiger partial charge in [-0.3, -0.25) is 0 Å². The predicted octanol–water partition coefficient (Wildman–Crippen LogP) is 3.35. The zero-order valence-electron chi connectivity index (χ0n) is 8.25. The number of aldehydes is 1. The lowest BCUT2D eigenvalue weighted by Crippen LogP contribution is -1.89. The average molecular weight is 168 g/mol. The Morgan fingerprint density at radius 2 is 2.08 bits per heavy atom. The van der Waals surface area contributed by atoms with Gasteiger partial charge in [0.25, 0.3) is 0 Å². The Balaban J connectivity index is 3.28. The lowest BCUT2D eigenvalue weighted by Gasteiger charge is -1.98. The molecule has 0 bridgehead atoms. The quantitative estimate of drug-likeness (QED) is 0.324. The summed E-state index contributed by atoms with van der Waals surface area (Å²) in [6.07, 6.45) is 11.0. The molecular formula is C11H20O. The topological polar surface area (TPSA) is 17.1 Å². The molecule has 0 N–H and O–H groups in total. The van der Waals surface area contributed by atoms with E-state index in [1.54, 1.807) is 0 Å². The molecule has 0 saturated heterocycles. The van der Waals surface area contributed by atoms with Crippen LogP contribution in [-0.2, 0) is 4.79 Å². The second-order valence-corrected chi connectivity index (χ2v) is 3.30. The molecule has 0 aromatic rings. The van der Waals surface area contributed by atoms with Gasteiger partial charge in [-0.2, -0.15) is 0 Å². The van der Waals surface area contributed by atoms with Crippen molar-refractivity contribution in [3.8, 4) is 0 Å². The molecule has 0 aliphatic carbocycles. The largest absolute Gasteiger partial charge is 0.303 e. The van der Waals surface area contributed by atoms with E-state index in [9.17, 15) is 4.79 Å². The zero-order chi connectivity index (χ0) is 9.23. The molecule has 0 radical (unpaired) electrons. The molecule has 0 aliphatic heterocycles. The minimum absolute atomic E-state index is 0.420. The van der Waals surface area contributed by atoms with Crippen LogP contribution in [0, 0.1) is 5.92 Å². The number of carbonyl (C=O) groups excluding carboxylic acids is 1. The summed E-state index contributed by atoms with van der Waals surface area (Å²) in [5.74, 6) is 0.420. The highest BCUT2D eigenvalue weighted by atomic mass is 16.1. The van der Waals surface area contributed by atoms with Crippen LogP contribution in [0.15, 0.2) is 12.2 Å². The highest BCUT2D eigenvalue weighted by Crippen LogP contribution is 2.04. The lowest BCUT2D eigenvalue weighted by atomic mass is 10.1. The van der Waals surface area contributed by atoms with Crippen molar-refractivity contribution in [3.63, 3.8) is 0 Å². The fourth-order valence-corrected chi connectivity index (χ4v) is 1.07. The van der Waals surface area contributed by atoms with E-state index in [-0.39, 0.29) is 0 Å². The molecule has 0 saturated carbocycles. The summed E-state index contributed by atoms with van der Waals surface area (Å²) in [4.78, 5) is 10.1. The van der Waals surface area contributed by atoms with Gasteiger partial charge < -0.3 is 4.79 Å². The third kappa shape index (κ3) is 7.52. The van der Waals surface area contributed by atoms with Gasteiger partial charge in [0.15, 0.2) is 0 Å². The minimum Gasteiger partial charge on any atom is -0.303 e. The number of hydrogen-bond donors (Lipinski definition) is 0. The fraction of sp³-hybridized carbons (Fsp3) is 0.727. The van der Waals surface area contributed by atoms with Crippen molar-refractivity contribution in [2.75, 3.05) is 0 Å². The van der Waals surface area contributed by atoms with Crippen molar-refractivity contribution in [3.05, 3.63) is 12.2 Å². The molecule has 0 aromatic heterocycles. The molecule has 1 nitrogen and oxygen atoms in total. The Morgan fingerprint density at radius 3 is 2.67 bits per heavy atom. The van der Waals surface area contributed by atoms with E-state index in [4.69, 9.17) is 0 Å². The van der Waals surface area contributed by atoms with Gasteiger partial charge in [0, 0.05) is 6.42 Å². The Hall–Kier alpha value is -0.590. The number of unbranched alkanes of at least 4 members (excludes halogenated alkanes) is 3. The van der Waals surface area contributed by atoms with E-state index >= 15 is 0 Å². The Kier molecular flexibility index (Phi) is 8.09. The second-order valence-electron chi connectivity index (χ2n) is 3.30. The molecule has 70 valence electrons. The molecule has 1 atom stereocenters. The molecule has 0 amide bonds. The number of hydrogen-bond acceptors (Lipinski definition) is 1. The van der Waals surface area contributed by atoms with Crippen molar-refractivity contribution in [2.24, 2.45) is 5.92 Å². The van der Waals surface area contributed by atoms with Crippen LogP contribution < -0.4 is 0 Å². The van der Waals surface area contributed by atoms with Crippen LogP contribution in [0.25, 0.3) is 0 Å². The molecule has 0 aliphatic rings. The maximum absolute atomic E-state index is 10.1. The van der Waals surface area contributed by atoms with Crippen molar-refractivity contribution < 1.29 is 4.79 Å². The minimum atomic E-state index is 0.420. The molecule has 0 aromatic carbocycles. The number of rotatable bonds is 7. The van der Waals surface area contributed by atoms with E-state index in [1.807, 2.05) is 0 Å². The molecule has 0 rings (SSSR count). The van der Waals surface area contributed by atoms with E-state index < -0.39 is 0 Å². The van der Waals surface area contributed by atoms with Crippen molar-refractivity contribution in [2.45, 2.75) is 46.0 Å². The van der Waals surface area contributed by atoms with Crippen LogP contribution in [0.5, 0.6) is 0 Å². The van der Waals surface area contributed by atoms with Gasteiger partial charge in [0.05, 0.1) is 0 Å². The molecular weight excluding hydrogens is 148 g/mol. The van der Waals surface area contributed by atoms with Crippen LogP contribution >= 0.6 is 0 Å². The summed E-state index contributed by atoms with van der Waals surface area (Å²) >= 11 is 0. The van der Waals surface area contributed by atoms with E-state index in [2.05, 4.69) is 26.0 Å². The smallest absolute Gasteiger partial charge is 0.120 e. The van der Waals surface area contributed by atoms with E-state index in [0.29, 0.717) is 12.3 Å². The normalized spacial score (nSPS) is 13.5. The summed E-state index contributed by atoms with van der Waals surface area (Å²) < 4.78 is 0. The summed E-state index contributed by atoms with van der Waals surface area (Å²) in [7, 11) is 0. The van der Waals surface area contributed by atoms with Gasteiger partial charge in [-0.1, -0.05) is 38.8 Å². The Bertz CT molecular complexity index is 127. The van der Waals surface area contributed by atoms with Crippen LogP contribution in [0.4, 0.5) is 0 Å². The summed E-state index contributed by atoms with van der Waals surface area (Å²) in [5, 5.41) is 0. The van der Waals surface area contributed by atoms with Gasteiger partial charge in [-0.25, -0.2) is 0 Å². The molecule has 1 unspecified atom stereocenters. The maximum Gasteiger partial charge on any atom is 0.120 e. The monoisotopic (exact) mass is 168 g/mol. The fourth-order valence-electron chi connectivity index (χ4n) is 1.07. The number of carbonyl (C=O) groups is 1. The van der Waals surface area contributed by atoms with E-state index in [0.717, 1.165) is 12.7 Å². The van der Waals surface area contributed by atoms with Crippen molar-refractivity contribution >= 4 is 6.29 Å². The molecule has 0 fully saturated rings. The van der Waals surface area contributed by atoms with Gasteiger partial charge in [-0.15, -0.1) is 0 Å². The molecule has 1 heteroatoms. The second kappa shape index (κ2) is 8.51. The molecule has 0 heterocycles. The van der Waals surface area contributed by atoms with Crippen LogP contribution in [0.2, 0.25) is 0 Å². The van der Waals surface area contributed by atoms with Gasteiger partial charge in [0.1, 0.15) is 6.29 Å². The first kappa shape index (κ1) is 11.4. The third-order valence-corrected chi connectivity index (χ3v) is 1.91. The third-order valence-electron chi connectivity index (χ3n) is 1.91. The molecule has 0 spiro atoms. The Labute approximate surface area is 75.9 Å². The van der Waals surface area contributed by atoms with Crippen LogP contribution in [0.3, 0.4) is 0 Å². The lowest BCUT2D eigenvalue weighted by molar-refractivity contribution is -0.108. The summed E-state index contributed by atoms with van der Waals surface area (Å²) in [6.45, 7) is 4.28. The zero-order valence-corrected chi connectivity index (χ0v) is 8.25. The summed E-state index contributed by atoms with van der Waals surface area (Å²) in [6, 6.07) is 0. The SMILES string of the molecule is CCCCCC=CC(C)CC=O. The van der Waals surface area contributed by atoms with Gasteiger partial charge in [0.2, 0.25) is 0 Å². The van der Waals surface area contributed by atoms with Crippen LogP contribution in [0.1, 0.15) is 46.0 Å². The Morgan fingerprint density at radius 1 is 1.33 bits per heavy atom. The van der Waals surface area contributed by atoms with Gasteiger partial charge >= 0.3 is 0 Å². The van der Waals surface area contributed by atoms with Crippen molar-refractivity contribution in [1.82, 2.24) is 0 Å². The first-order chi connectivity index (χ1) is 5.81. The summed E-state index contributed by atoms with van der Waals surface area (Å²) in [5.41, 5.74) is 0. The first-order valence-corrected chi connectivity index (χ1v) is 4.91. The standard InChI is InChI=1S/C11H20O/c1-3-4-5-6-7-8-11(2)9-10-12/h7-8,10-11H,3-6,9H2,1-2H3. The van der Waals surface area contributed by atoms with E-state index in [1.165, 1.54) is 19.3 Å². The van der Waals surface area contributed by atoms with Gasteiger partial charge in [-0.05, 0) is 18.8 Å². The average Bonchev–Trinajstić information content (AvgIpc) is 2.05. The highest BCUT2D eigenvalue weighted by Gasteiger charge is 1.92. The first-order valence-electron chi connectivity index (χ1n) is 4.91. The molecule has 12 heavy (non-hydrogen) atoms. The van der Waals surface area contributed by atoms with Crippen molar-refractivity contribution in [1.29, 1.82) is 0 Å². The maximum atomic E-state index is 10.1. The highest BCUT2D eigenvalue weighted by molar-refractivity contribution is 5.50.